The first-order valence-corrected chi connectivity index (χ1v) is 10.6. The van der Waals surface area contributed by atoms with Gasteiger partial charge in [0.25, 0.3) is 11.6 Å². The number of non-ortho nitro benzene ring substituents is 1. The number of benzene rings is 1. The van der Waals surface area contributed by atoms with Gasteiger partial charge in [0.1, 0.15) is 4.21 Å². The number of hydrogen-bond donors (Lipinski definition) is 2. The minimum atomic E-state index is -3.99. The molecule has 0 aliphatic heterocycles. The summed E-state index contributed by atoms with van der Waals surface area (Å²) in [5.41, 5.74) is -0.622. The van der Waals surface area contributed by atoms with Crippen molar-refractivity contribution in [3.05, 3.63) is 74.8 Å². The van der Waals surface area contributed by atoms with Gasteiger partial charge in [0.05, 0.1) is 21.6 Å². The number of hydrogen-bond acceptors (Lipinski definition) is 10. The molecule has 0 atom stereocenters. The molecule has 14 heteroatoms. The highest BCUT2D eigenvalue weighted by molar-refractivity contribution is 7.93. The normalized spacial score (nSPS) is 11.0. The Labute approximate surface area is 177 Å². The average Bonchev–Trinajstić information content (AvgIpc) is 3.22. The third-order valence-electron chi connectivity index (χ3n) is 3.71. The zero-order valence-electron chi connectivity index (χ0n) is 15.3. The van der Waals surface area contributed by atoms with Gasteiger partial charge in [-0.2, -0.15) is 0 Å². The van der Waals surface area contributed by atoms with Crippen LogP contribution in [0.1, 0.15) is 10.4 Å². The molecule has 0 unspecified atom stereocenters. The van der Waals surface area contributed by atoms with Gasteiger partial charge >= 0.3 is 5.97 Å². The number of nitro groups is 1. The number of carbonyl (C=O) groups excluding carboxylic acids is 2. The molecule has 3 aromatic rings. The van der Waals surface area contributed by atoms with E-state index in [4.69, 9.17) is 4.74 Å². The first-order chi connectivity index (χ1) is 14.7. The number of nitro benzene ring substituents is 1. The molecule has 0 aliphatic rings. The lowest BCUT2D eigenvalue weighted by Crippen LogP contribution is -2.21. The van der Waals surface area contributed by atoms with Gasteiger partial charge in [-0.25, -0.2) is 18.2 Å². The highest BCUT2D eigenvalue weighted by atomic mass is 32.2. The molecule has 160 valence electrons. The van der Waals surface area contributed by atoms with Crippen LogP contribution in [-0.4, -0.2) is 41.8 Å². The fraction of sp³-hybridized carbons (Fsp3) is 0.0588. The lowest BCUT2D eigenvalue weighted by atomic mass is 10.3. The van der Waals surface area contributed by atoms with E-state index >= 15 is 0 Å². The third kappa shape index (κ3) is 5.18. The molecule has 0 radical (unpaired) electrons. The standard InChI is InChI=1S/C17H12N4O8S2/c22-13-6-1-10(7-18-13)16(24)29-9-14(23)20-17-19-8-15(30-17)31(27,28)12-4-2-11(3-5-12)21(25)26/h1-8H,9H2,(H,18,22)(H,19,20,23). The van der Waals surface area contributed by atoms with E-state index in [1.54, 1.807) is 0 Å². The topological polar surface area (TPSA) is 178 Å². The zero-order valence-corrected chi connectivity index (χ0v) is 16.9. The molecule has 0 saturated heterocycles. The van der Waals surface area contributed by atoms with E-state index in [9.17, 15) is 32.9 Å². The van der Waals surface area contributed by atoms with Gasteiger partial charge in [0.15, 0.2) is 11.7 Å². The van der Waals surface area contributed by atoms with Crippen molar-refractivity contribution in [2.45, 2.75) is 9.10 Å². The van der Waals surface area contributed by atoms with Crippen molar-refractivity contribution < 1.29 is 27.7 Å². The lowest BCUT2D eigenvalue weighted by Gasteiger charge is -2.04. The Kier molecular flexibility index (Phi) is 6.22. The second-order valence-corrected chi connectivity index (χ2v) is 9.01. The summed E-state index contributed by atoms with van der Waals surface area (Å²) < 4.78 is 29.8. The van der Waals surface area contributed by atoms with E-state index in [1.807, 2.05) is 0 Å². The predicted molar refractivity (Wildman–Crippen MR) is 107 cm³/mol. The summed E-state index contributed by atoms with van der Waals surface area (Å²) in [5, 5.41) is 12.9. The van der Waals surface area contributed by atoms with Crippen molar-refractivity contribution in [2.75, 3.05) is 11.9 Å². The highest BCUT2D eigenvalue weighted by Gasteiger charge is 2.22. The largest absolute Gasteiger partial charge is 0.452 e. The van der Waals surface area contributed by atoms with Crippen molar-refractivity contribution in [3.63, 3.8) is 0 Å². The molecule has 2 heterocycles. The number of carbonyl (C=O) groups is 2. The van der Waals surface area contributed by atoms with E-state index < -0.39 is 38.8 Å². The summed E-state index contributed by atoms with van der Waals surface area (Å²) in [7, 11) is -3.99. The van der Waals surface area contributed by atoms with E-state index in [-0.39, 0.29) is 25.5 Å². The Hall–Kier alpha value is -3.91. The number of nitrogens with zero attached hydrogens (tertiary/aromatic N) is 2. The molecule has 2 N–H and O–H groups in total. The Morgan fingerprint density at radius 3 is 2.52 bits per heavy atom. The molecular weight excluding hydrogens is 452 g/mol. The van der Waals surface area contributed by atoms with Crippen LogP contribution in [0.5, 0.6) is 0 Å². The van der Waals surface area contributed by atoms with Gasteiger partial charge in [0.2, 0.25) is 15.4 Å². The number of sulfone groups is 1. The van der Waals surface area contributed by atoms with Crippen LogP contribution in [-0.2, 0) is 19.4 Å². The van der Waals surface area contributed by atoms with Gasteiger partial charge in [-0.05, 0) is 18.2 Å². The van der Waals surface area contributed by atoms with Crippen LogP contribution in [0.15, 0.2) is 62.7 Å². The predicted octanol–water partition coefficient (Wildman–Crippen LogP) is 1.37. The van der Waals surface area contributed by atoms with Crippen LogP contribution in [0.4, 0.5) is 10.8 Å². The number of anilines is 1. The van der Waals surface area contributed by atoms with Crippen molar-refractivity contribution in [1.29, 1.82) is 0 Å². The maximum Gasteiger partial charge on any atom is 0.340 e. The molecule has 1 aromatic carbocycles. The number of thiazole rings is 1. The smallest absolute Gasteiger partial charge is 0.340 e. The van der Waals surface area contributed by atoms with Crippen LogP contribution < -0.4 is 10.9 Å². The van der Waals surface area contributed by atoms with Crippen LogP contribution in [0.25, 0.3) is 0 Å². The van der Waals surface area contributed by atoms with Gasteiger partial charge in [-0.15, -0.1) is 0 Å². The summed E-state index contributed by atoms with van der Waals surface area (Å²) in [6.07, 6.45) is 2.17. The summed E-state index contributed by atoms with van der Waals surface area (Å²) in [6.45, 7) is -0.665. The quantitative estimate of drug-likeness (QED) is 0.297. The molecule has 3 rings (SSSR count). The molecule has 12 nitrogen and oxygen atoms in total. The van der Waals surface area contributed by atoms with Gasteiger partial charge in [-0.3, -0.25) is 25.0 Å². The first-order valence-electron chi connectivity index (χ1n) is 8.28. The van der Waals surface area contributed by atoms with Crippen molar-refractivity contribution in [3.8, 4) is 0 Å². The Morgan fingerprint density at radius 1 is 1.19 bits per heavy atom. The molecule has 2 aromatic heterocycles. The summed E-state index contributed by atoms with van der Waals surface area (Å²) in [5.74, 6) is -1.60. The monoisotopic (exact) mass is 464 g/mol. The minimum Gasteiger partial charge on any atom is -0.452 e. The van der Waals surface area contributed by atoms with E-state index in [0.717, 1.165) is 42.7 Å². The SMILES string of the molecule is O=C(COC(=O)c1ccc(=O)[nH]c1)Nc1ncc(S(=O)(=O)c2ccc([N+](=O)[O-])cc2)s1. The molecule has 0 saturated carbocycles. The molecule has 0 aliphatic carbocycles. The fourth-order valence-electron chi connectivity index (χ4n) is 2.21. The molecule has 31 heavy (non-hydrogen) atoms. The Balaban J connectivity index is 1.62. The lowest BCUT2D eigenvalue weighted by molar-refractivity contribution is -0.384. The van der Waals surface area contributed by atoms with E-state index in [2.05, 4.69) is 15.3 Å². The number of amides is 1. The fourth-order valence-corrected chi connectivity index (χ4v) is 4.66. The number of aromatic amines is 1. The van der Waals surface area contributed by atoms with Crippen LogP contribution in [0.3, 0.4) is 0 Å². The zero-order chi connectivity index (χ0) is 22.6. The average molecular weight is 464 g/mol. The van der Waals surface area contributed by atoms with E-state index in [0.29, 0.717) is 11.3 Å². The van der Waals surface area contributed by atoms with Crippen LogP contribution >= 0.6 is 11.3 Å². The number of aromatic nitrogens is 2. The summed E-state index contributed by atoms with van der Waals surface area (Å²) in [6, 6.07) is 6.68. The van der Waals surface area contributed by atoms with Crippen molar-refractivity contribution >= 4 is 43.9 Å². The van der Waals surface area contributed by atoms with Gasteiger partial charge in [-0.1, -0.05) is 11.3 Å². The van der Waals surface area contributed by atoms with Crippen molar-refractivity contribution in [2.24, 2.45) is 0 Å². The van der Waals surface area contributed by atoms with Crippen LogP contribution in [0, 0.1) is 10.1 Å². The highest BCUT2D eigenvalue weighted by Crippen LogP contribution is 2.29. The minimum absolute atomic E-state index is 0.0399. The molecule has 0 bridgehead atoms. The Morgan fingerprint density at radius 2 is 1.90 bits per heavy atom. The number of nitrogens with one attached hydrogen (secondary N) is 2. The molecular formula is C17H12N4O8S2. The maximum absolute atomic E-state index is 12.6. The van der Waals surface area contributed by atoms with Crippen molar-refractivity contribution in [1.82, 2.24) is 9.97 Å². The molecule has 0 spiro atoms. The second-order valence-electron chi connectivity index (χ2n) is 5.80. The first kappa shape index (κ1) is 21.8. The number of rotatable bonds is 7. The number of H-pyrrole nitrogens is 1. The van der Waals surface area contributed by atoms with Gasteiger partial charge < -0.3 is 9.72 Å². The van der Waals surface area contributed by atoms with Gasteiger partial charge in [0, 0.05) is 24.4 Å². The molecule has 1 amide bonds. The third-order valence-corrected chi connectivity index (χ3v) is 6.85. The van der Waals surface area contributed by atoms with Crippen LogP contribution in [0.2, 0.25) is 0 Å². The van der Waals surface area contributed by atoms with E-state index in [1.165, 1.54) is 6.07 Å². The Bertz CT molecular complexity index is 1290. The summed E-state index contributed by atoms with van der Waals surface area (Å²) >= 11 is 0.661. The maximum atomic E-state index is 12.6. The number of ether oxygens (including phenoxy) is 1. The number of esters is 1. The molecule has 0 fully saturated rings. The summed E-state index contributed by atoms with van der Waals surface area (Å²) in [4.78, 5) is 50.7. The second kappa shape index (κ2) is 8.85. The number of pyridine rings is 1.